The SMILES string of the molecule is CCCCCCc1ccc(-c2cccc(-c3nc(CC)c4ccccc4n3)c2)cc1. The van der Waals surface area contributed by atoms with E-state index in [1.165, 1.54) is 48.8 Å². The Bertz CT molecular complexity index is 1110. The second-order valence-electron chi connectivity index (χ2n) is 7.95. The summed E-state index contributed by atoms with van der Waals surface area (Å²) in [5, 5.41) is 1.15. The molecule has 3 aromatic carbocycles. The minimum absolute atomic E-state index is 0.806. The smallest absolute Gasteiger partial charge is 0.160 e. The highest BCUT2D eigenvalue weighted by Crippen LogP contribution is 2.27. The number of aromatic nitrogens is 2. The van der Waals surface area contributed by atoms with Gasteiger partial charge in [-0.1, -0.05) is 93.8 Å². The molecule has 0 unspecified atom stereocenters. The fourth-order valence-electron chi connectivity index (χ4n) is 4.00. The maximum Gasteiger partial charge on any atom is 0.160 e. The number of benzene rings is 3. The fraction of sp³-hybridized carbons (Fsp3) is 0.286. The van der Waals surface area contributed by atoms with Crippen LogP contribution in [0.25, 0.3) is 33.4 Å². The second-order valence-corrected chi connectivity index (χ2v) is 7.95. The molecule has 0 atom stereocenters. The molecule has 2 heteroatoms. The molecule has 0 N–H and O–H groups in total. The van der Waals surface area contributed by atoms with Crippen LogP contribution in [0.3, 0.4) is 0 Å². The molecule has 4 aromatic rings. The molecule has 4 rings (SSSR count). The molecule has 1 aromatic heterocycles. The zero-order valence-corrected chi connectivity index (χ0v) is 18.1. The average molecular weight is 395 g/mol. The van der Waals surface area contributed by atoms with Gasteiger partial charge in [-0.15, -0.1) is 0 Å². The number of nitrogens with zero attached hydrogens (tertiary/aromatic N) is 2. The lowest BCUT2D eigenvalue weighted by Gasteiger charge is -2.09. The minimum atomic E-state index is 0.806. The van der Waals surface area contributed by atoms with Gasteiger partial charge in [0.2, 0.25) is 0 Å². The molecular formula is C28H30N2. The third-order valence-electron chi connectivity index (χ3n) is 5.74. The molecule has 1 heterocycles. The molecule has 0 radical (unpaired) electrons. The summed E-state index contributed by atoms with van der Waals surface area (Å²) in [6, 6.07) is 25.9. The number of para-hydroxylation sites is 1. The van der Waals surface area contributed by atoms with Crippen LogP contribution in [0.1, 0.15) is 50.8 Å². The lowest BCUT2D eigenvalue weighted by Crippen LogP contribution is -1.97. The molecular weight excluding hydrogens is 364 g/mol. The summed E-state index contributed by atoms with van der Waals surface area (Å²) in [5.41, 5.74) is 7.06. The summed E-state index contributed by atoms with van der Waals surface area (Å²) < 4.78 is 0. The van der Waals surface area contributed by atoms with Crippen molar-refractivity contribution in [1.29, 1.82) is 0 Å². The molecule has 0 bridgehead atoms. The zero-order chi connectivity index (χ0) is 20.8. The third kappa shape index (κ3) is 4.59. The van der Waals surface area contributed by atoms with Crippen molar-refractivity contribution in [1.82, 2.24) is 9.97 Å². The molecule has 0 aliphatic rings. The van der Waals surface area contributed by atoms with E-state index in [-0.39, 0.29) is 0 Å². The van der Waals surface area contributed by atoms with Gasteiger partial charge in [0.05, 0.1) is 11.2 Å². The lowest BCUT2D eigenvalue weighted by molar-refractivity contribution is 0.667. The molecule has 2 nitrogen and oxygen atoms in total. The zero-order valence-electron chi connectivity index (χ0n) is 18.1. The number of fused-ring (bicyclic) bond motifs is 1. The van der Waals surface area contributed by atoms with E-state index in [1.807, 2.05) is 6.07 Å². The lowest BCUT2D eigenvalue weighted by atomic mass is 9.99. The van der Waals surface area contributed by atoms with Gasteiger partial charge in [0.15, 0.2) is 5.82 Å². The van der Waals surface area contributed by atoms with Crippen LogP contribution in [0.15, 0.2) is 72.8 Å². The molecule has 0 amide bonds. The topological polar surface area (TPSA) is 25.8 Å². The summed E-state index contributed by atoms with van der Waals surface area (Å²) in [6.45, 7) is 4.41. The molecule has 0 saturated heterocycles. The minimum Gasteiger partial charge on any atom is -0.232 e. The van der Waals surface area contributed by atoms with Crippen molar-refractivity contribution < 1.29 is 0 Å². The van der Waals surface area contributed by atoms with Crippen LogP contribution in [-0.4, -0.2) is 9.97 Å². The van der Waals surface area contributed by atoms with Gasteiger partial charge in [-0.25, -0.2) is 9.97 Å². The van der Waals surface area contributed by atoms with Gasteiger partial charge < -0.3 is 0 Å². The Kier molecular flexibility index (Phi) is 6.53. The molecule has 0 aliphatic heterocycles. The highest BCUT2D eigenvalue weighted by atomic mass is 14.9. The maximum absolute atomic E-state index is 4.88. The Hall–Kier alpha value is -3.00. The van der Waals surface area contributed by atoms with E-state index in [0.29, 0.717) is 0 Å². The number of hydrogen-bond acceptors (Lipinski definition) is 2. The van der Waals surface area contributed by atoms with Crippen LogP contribution in [0, 0.1) is 0 Å². The van der Waals surface area contributed by atoms with Gasteiger partial charge in [0.25, 0.3) is 0 Å². The van der Waals surface area contributed by atoms with Crippen molar-refractivity contribution in [2.75, 3.05) is 0 Å². The Balaban J connectivity index is 1.59. The van der Waals surface area contributed by atoms with Crippen molar-refractivity contribution in [3.63, 3.8) is 0 Å². The van der Waals surface area contributed by atoms with Gasteiger partial charge in [-0.3, -0.25) is 0 Å². The standard InChI is InChI=1S/C28H30N2/c1-3-5-6-7-11-21-16-18-22(19-17-21)23-12-10-13-24(20-23)28-29-26(4-2)25-14-8-9-15-27(25)30-28/h8-10,12-20H,3-7,11H2,1-2H3. The third-order valence-corrected chi connectivity index (χ3v) is 5.74. The van der Waals surface area contributed by atoms with E-state index in [1.54, 1.807) is 0 Å². The van der Waals surface area contributed by atoms with Crippen LogP contribution < -0.4 is 0 Å². The van der Waals surface area contributed by atoms with Crippen molar-refractivity contribution >= 4 is 10.9 Å². The van der Waals surface area contributed by atoms with Crippen LogP contribution in [-0.2, 0) is 12.8 Å². The van der Waals surface area contributed by atoms with E-state index in [4.69, 9.17) is 9.97 Å². The largest absolute Gasteiger partial charge is 0.232 e. The monoisotopic (exact) mass is 394 g/mol. The Labute approximate surface area is 180 Å². The average Bonchev–Trinajstić information content (AvgIpc) is 2.81. The van der Waals surface area contributed by atoms with E-state index in [2.05, 4.69) is 80.6 Å². The summed E-state index contributed by atoms with van der Waals surface area (Å²) in [5.74, 6) is 0.806. The number of hydrogen-bond donors (Lipinski definition) is 0. The normalized spacial score (nSPS) is 11.1. The molecule has 152 valence electrons. The highest BCUT2D eigenvalue weighted by molar-refractivity contribution is 5.83. The number of unbranched alkanes of at least 4 members (excludes halogenated alkanes) is 3. The molecule has 30 heavy (non-hydrogen) atoms. The van der Waals surface area contributed by atoms with Crippen LogP contribution in [0.4, 0.5) is 0 Å². The maximum atomic E-state index is 4.88. The van der Waals surface area contributed by atoms with Gasteiger partial charge >= 0.3 is 0 Å². The summed E-state index contributed by atoms with van der Waals surface area (Å²) in [6.07, 6.45) is 7.30. The van der Waals surface area contributed by atoms with E-state index in [0.717, 1.165) is 34.4 Å². The van der Waals surface area contributed by atoms with Crippen molar-refractivity contribution in [3.8, 4) is 22.5 Å². The van der Waals surface area contributed by atoms with Gasteiger partial charge in [-0.2, -0.15) is 0 Å². The van der Waals surface area contributed by atoms with E-state index >= 15 is 0 Å². The van der Waals surface area contributed by atoms with Crippen LogP contribution in [0.5, 0.6) is 0 Å². The first-order valence-corrected chi connectivity index (χ1v) is 11.2. The summed E-state index contributed by atoms with van der Waals surface area (Å²) in [4.78, 5) is 9.72. The Morgan fingerprint density at radius 3 is 2.27 bits per heavy atom. The summed E-state index contributed by atoms with van der Waals surface area (Å²) in [7, 11) is 0. The van der Waals surface area contributed by atoms with E-state index < -0.39 is 0 Å². The van der Waals surface area contributed by atoms with Crippen molar-refractivity contribution in [2.24, 2.45) is 0 Å². The molecule has 0 fully saturated rings. The quantitative estimate of drug-likeness (QED) is 0.287. The van der Waals surface area contributed by atoms with Gasteiger partial charge in [-0.05, 0) is 48.1 Å². The predicted octanol–water partition coefficient (Wildman–Crippen LogP) is 7.65. The van der Waals surface area contributed by atoms with Crippen molar-refractivity contribution in [2.45, 2.75) is 52.4 Å². The predicted molar refractivity (Wildman–Crippen MR) is 128 cm³/mol. The first-order chi connectivity index (χ1) is 14.8. The molecule has 0 spiro atoms. The van der Waals surface area contributed by atoms with Crippen LogP contribution in [0.2, 0.25) is 0 Å². The van der Waals surface area contributed by atoms with Crippen LogP contribution >= 0.6 is 0 Å². The van der Waals surface area contributed by atoms with Crippen molar-refractivity contribution in [3.05, 3.63) is 84.1 Å². The molecule has 0 aliphatic carbocycles. The van der Waals surface area contributed by atoms with Gasteiger partial charge in [0.1, 0.15) is 0 Å². The second kappa shape index (κ2) is 9.67. The Morgan fingerprint density at radius 1 is 0.667 bits per heavy atom. The number of rotatable bonds is 8. The fourth-order valence-corrected chi connectivity index (χ4v) is 4.00. The first kappa shape index (κ1) is 20.3. The Morgan fingerprint density at radius 2 is 1.47 bits per heavy atom. The molecule has 0 saturated carbocycles. The highest BCUT2D eigenvalue weighted by Gasteiger charge is 2.09. The number of aryl methyl sites for hydroxylation is 2. The summed E-state index contributed by atoms with van der Waals surface area (Å²) >= 11 is 0. The first-order valence-electron chi connectivity index (χ1n) is 11.2. The van der Waals surface area contributed by atoms with E-state index in [9.17, 15) is 0 Å². The van der Waals surface area contributed by atoms with Gasteiger partial charge in [0, 0.05) is 10.9 Å².